The van der Waals surface area contributed by atoms with E-state index >= 15 is 0 Å². The number of nitrogens with zero attached hydrogens (tertiary/aromatic N) is 3. The van der Waals surface area contributed by atoms with Crippen LogP contribution in [0.1, 0.15) is 10.6 Å². The highest BCUT2D eigenvalue weighted by molar-refractivity contribution is 7.99. The predicted octanol–water partition coefficient (Wildman–Crippen LogP) is 6.93. The Hall–Kier alpha value is -3.73. The maximum absolute atomic E-state index is 10.8. The van der Waals surface area contributed by atoms with Gasteiger partial charge >= 0.3 is 0 Å². The number of hydrogen-bond acceptors (Lipinski definition) is 6. The molecule has 4 aromatic rings. The first kappa shape index (κ1) is 20.5. The molecule has 0 radical (unpaired) electrons. The van der Waals surface area contributed by atoms with E-state index in [1.807, 2.05) is 35.7 Å². The van der Waals surface area contributed by atoms with Crippen molar-refractivity contribution in [3.63, 3.8) is 0 Å². The van der Waals surface area contributed by atoms with Crippen LogP contribution >= 0.6 is 23.1 Å². The molecule has 0 N–H and O–H groups in total. The van der Waals surface area contributed by atoms with Crippen LogP contribution in [0.2, 0.25) is 0 Å². The second-order valence-electron chi connectivity index (χ2n) is 6.50. The molecule has 31 heavy (non-hydrogen) atoms. The maximum Gasteiger partial charge on any atom is 0.269 e. The SMILES string of the molecule is N#C/C(=C/c1ccc([N+](=O)[O-])cc1)c1nc(-c2ccc(Sc3ccccc3)cc2)cs1. The summed E-state index contributed by atoms with van der Waals surface area (Å²) < 4.78 is 0. The molecule has 5 nitrogen and oxygen atoms in total. The van der Waals surface area contributed by atoms with E-state index in [1.54, 1.807) is 30.0 Å². The average Bonchev–Trinajstić information content (AvgIpc) is 3.29. The lowest BCUT2D eigenvalue weighted by atomic mass is 10.1. The van der Waals surface area contributed by atoms with Crippen LogP contribution in [0.25, 0.3) is 22.9 Å². The van der Waals surface area contributed by atoms with Crippen LogP contribution in [0.15, 0.2) is 94.0 Å². The molecule has 0 amide bonds. The van der Waals surface area contributed by atoms with Gasteiger partial charge in [-0.2, -0.15) is 5.26 Å². The van der Waals surface area contributed by atoms with E-state index in [1.165, 1.54) is 28.4 Å². The van der Waals surface area contributed by atoms with Gasteiger partial charge in [0.1, 0.15) is 11.1 Å². The van der Waals surface area contributed by atoms with E-state index in [4.69, 9.17) is 0 Å². The smallest absolute Gasteiger partial charge is 0.258 e. The van der Waals surface area contributed by atoms with Crippen molar-refractivity contribution in [1.29, 1.82) is 5.26 Å². The van der Waals surface area contributed by atoms with Crippen molar-refractivity contribution in [3.8, 4) is 17.3 Å². The van der Waals surface area contributed by atoms with Gasteiger partial charge in [0, 0.05) is 32.9 Å². The van der Waals surface area contributed by atoms with Crippen molar-refractivity contribution in [2.75, 3.05) is 0 Å². The van der Waals surface area contributed by atoms with Crippen molar-refractivity contribution < 1.29 is 4.92 Å². The lowest BCUT2D eigenvalue weighted by Crippen LogP contribution is -1.87. The van der Waals surface area contributed by atoms with Gasteiger partial charge in [0.15, 0.2) is 0 Å². The highest BCUT2D eigenvalue weighted by Gasteiger charge is 2.10. The lowest BCUT2D eigenvalue weighted by Gasteiger charge is -2.02. The summed E-state index contributed by atoms with van der Waals surface area (Å²) in [7, 11) is 0. The number of non-ortho nitro benzene ring substituents is 1. The van der Waals surface area contributed by atoms with Crippen molar-refractivity contribution in [1.82, 2.24) is 4.98 Å². The van der Waals surface area contributed by atoms with Crippen LogP contribution in [0, 0.1) is 21.4 Å². The molecule has 0 unspecified atom stereocenters. The van der Waals surface area contributed by atoms with Gasteiger partial charge in [-0.15, -0.1) is 11.3 Å². The number of hydrogen-bond donors (Lipinski definition) is 0. The molecular formula is C24H15N3O2S2. The van der Waals surface area contributed by atoms with Gasteiger partial charge in [0.2, 0.25) is 0 Å². The fraction of sp³-hybridized carbons (Fsp3) is 0. The van der Waals surface area contributed by atoms with Gasteiger partial charge in [-0.25, -0.2) is 4.98 Å². The molecule has 0 aliphatic rings. The molecule has 0 bridgehead atoms. The lowest BCUT2D eigenvalue weighted by molar-refractivity contribution is -0.384. The Kier molecular flexibility index (Phi) is 6.22. The molecule has 0 spiro atoms. The molecule has 0 fully saturated rings. The molecular weight excluding hydrogens is 426 g/mol. The predicted molar refractivity (Wildman–Crippen MR) is 125 cm³/mol. The number of aromatic nitrogens is 1. The van der Waals surface area contributed by atoms with Crippen molar-refractivity contribution in [3.05, 3.63) is 105 Å². The van der Waals surface area contributed by atoms with Gasteiger partial charge < -0.3 is 0 Å². The minimum absolute atomic E-state index is 0.0149. The summed E-state index contributed by atoms with van der Waals surface area (Å²) in [6.45, 7) is 0. The van der Waals surface area contributed by atoms with Crippen LogP contribution in [0.5, 0.6) is 0 Å². The Bertz CT molecular complexity index is 1270. The van der Waals surface area contributed by atoms with E-state index in [0.29, 0.717) is 16.1 Å². The average molecular weight is 442 g/mol. The molecule has 0 saturated heterocycles. The van der Waals surface area contributed by atoms with E-state index < -0.39 is 4.92 Å². The van der Waals surface area contributed by atoms with Gasteiger partial charge in [-0.1, -0.05) is 42.1 Å². The van der Waals surface area contributed by atoms with E-state index in [2.05, 4.69) is 35.3 Å². The van der Waals surface area contributed by atoms with Crippen molar-refractivity contribution in [2.24, 2.45) is 0 Å². The summed E-state index contributed by atoms with van der Waals surface area (Å²) in [5.74, 6) is 0. The molecule has 3 aromatic carbocycles. The number of allylic oxidation sites excluding steroid dienone is 1. The van der Waals surface area contributed by atoms with Gasteiger partial charge in [0.25, 0.3) is 5.69 Å². The van der Waals surface area contributed by atoms with Crippen LogP contribution in [-0.2, 0) is 0 Å². The number of nitro benzene ring substituents is 1. The molecule has 150 valence electrons. The summed E-state index contributed by atoms with van der Waals surface area (Å²) in [6.07, 6.45) is 1.69. The molecule has 1 heterocycles. The summed E-state index contributed by atoms with van der Waals surface area (Å²) in [6, 6.07) is 26.6. The summed E-state index contributed by atoms with van der Waals surface area (Å²) in [4.78, 5) is 17.3. The molecule has 0 atom stereocenters. The second-order valence-corrected chi connectivity index (χ2v) is 8.50. The Balaban J connectivity index is 1.52. The van der Waals surface area contributed by atoms with Crippen molar-refractivity contribution >= 4 is 40.4 Å². The third-order valence-electron chi connectivity index (χ3n) is 4.40. The molecule has 0 saturated carbocycles. The van der Waals surface area contributed by atoms with Crippen LogP contribution in [0.3, 0.4) is 0 Å². The van der Waals surface area contributed by atoms with Crippen molar-refractivity contribution in [2.45, 2.75) is 9.79 Å². The second kappa shape index (κ2) is 9.39. The molecule has 1 aromatic heterocycles. The maximum atomic E-state index is 10.8. The fourth-order valence-corrected chi connectivity index (χ4v) is 4.48. The first-order valence-corrected chi connectivity index (χ1v) is 11.0. The Morgan fingerprint density at radius 2 is 1.68 bits per heavy atom. The number of thiazole rings is 1. The highest BCUT2D eigenvalue weighted by Crippen LogP contribution is 2.31. The zero-order chi connectivity index (χ0) is 21.6. The molecule has 0 aliphatic heterocycles. The summed E-state index contributed by atoms with van der Waals surface area (Å²) in [5.41, 5.74) is 2.93. The van der Waals surface area contributed by atoms with Crippen LogP contribution in [0.4, 0.5) is 5.69 Å². The Morgan fingerprint density at radius 1 is 1.00 bits per heavy atom. The standard InChI is InChI=1S/C24H15N3O2S2/c25-15-19(14-17-6-10-20(11-7-17)27(28)29)24-26-23(16-30-24)18-8-12-22(13-9-18)31-21-4-2-1-3-5-21/h1-14,16H/b19-14-. The number of rotatable bonds is 6. The minimum atomic E-state index is -0.449. The van der Waals surface area contributed by atoms with Crippen LogP contribution < -0.4 is 0 Å². The number of nitriles is 1. The summed E-state index contributed by atoms with van der Waals surface area (Å²) >= 11 is 3.09. The number of nitro groups is 1. The highest BCUT2D eigenvalue weighted by atomic mass is 32.2. The van der Waals surface area contributed by atoms with Gasteiger partial charge in [-0.05, 0) is 48.0 Å². The fourth-order valence-electron chi connectivity index (χ4n) is 2.85. The van der Waals surface area contributed by atoms with Gasteiger partial charge in [0.05, 0.1) is 16.2 Å². The zero-order valence-electron chi connectivity index (χ0n) is 16.1. The normalized spacial score (nSPS) is 11.1. The third kappa shape index (κ3) is 5.07. The summed E-state index contributed by atoms with van der Waals surface area (Å²) in [5, 5.41) is 22.9. The monoisotopic (exact) mass is 441 g/mol. The van der Waals surface area contributed by atoms with E-state index in [0.717, 1.165) is 16.2 Å². The largest absolute Gasteiger partial charge is 0.269 e. The topological polar surface area (TPSA) is 79.8 Å². The molecule has 4 rings (SSSR count). The van der Waals surface area contributed by atoms with E-state index in [9.17, 15) is 15.4 Å². The van der Waals surface area contributed by atoms with Gasteiger partial charge in [-0.3, -0.25) is 10.1 Å². The molecule has 0 aliphatic carbocycles. The quantitative estimate of drug-likeness (QED) is 0.184. The van der Waals surface area contributed by atoms with E-state index in [-0.39, 0.29) is 5.69 Å². The third-order valence-corrected chi connectivity index (χ3v) is 6.29. The first-order chi connectivity index (χ1) is 15.1. The zero-order valence-corrected chi connectivity index (χ0v) is 17.8. The number of benzene rings is 3. The molecule has 7 heteroatoms. The first-order valence-electron chi connectivity index (χ1n) is 9.28. The minimum Gasteiger partial charge on any atom is -0.258 e. The Labute approximate surface area is 187 Å². The Morgan fingerprint density at radius 3 is 2.32 bits per heavy atom. The van der Waals surface area contributed by atoms with Crippen LogP contribution in [-0.4, -0.2) is 9.91 Å².